The predicted octanol–water partition coefficient (Wildman–Crippen LogP) is 1.94. The minimum absolute atomic E-state index is 0.589. The molecule has 0 atom stereocenters. The molecule has 2 aromatic rings. The second-order valence-electron chi connectivity index (χ2n) is 2.88. The Bertz CT molecular complexity index is 470. The first-order valence-electron chi connectivity index (χ1n) is 3.83. The van der Waals surface area contributed by atoms with Crippen LogP contribution in [0.4, 0.5) is 0 Å². The van der Waals surface area contributed by atoms with Gasteiger partial charge >= 0.3 is 0 Å². The molecule has 0 aliphatic carbocycles. The number of aryl methyl sites for hydroxylation is 1. The molecule has 3 nitrogen and oxygen atoms in total. The van der Waals surface area contributed by atoms with Gasteiger partial charge in [0.25, 0.3) is 0 Å². The maximum absolute atomic E-state index is 11.0. The summed E-state index contributed by atoms with van der Waals surface area (Å²) in [6, 6.07) is 5.65. The van der Waals surface area contributed by atoms with Crippen molar-refractivity contribution >= 4 is 26.8 Å². The molecule has 0 fully saturated rings. The van der Waals surface area contributed by atoms with Crippen molar-refractivity contribution in [1.29, 1.82) is 0 Å². The average molecular weight is 239 g/mol. The molecule has 0 aliphatic heterocycles. The molecule has 0 aliphatic rings. The molecule has 0 N–H and O–H groups in total. The number of fused-ring (bicyclic) bond motifs is 1. The largest absolute Gasteiger partial charge is 0.594 e. The van der Waals surface area contributed by atoms with E-state index in [0.717, 1.165) is 20.9 Å². The van der Waals surface area contributed by atoms with E-state index in [1.807, 2.05) is 25.1 Å². The van der Waals surface area contributed by atoms with Crippen LogP contribution in [0, 0.1) is 12.1 Å². The Morgan fingerprint density at radius 2 is 2.23 bits per heavy atom. The summed E-state index contributed by atoms with van der Waals surface area (Å²) in [7, 11) is 0. The Balaban J connectivity index is 2.87. The second kappa shape index (κ2) is 2.96. The lowest BCUT2D eigenvalue weighted by Gasteiger charge is -2.00. The molecule has 0 unspecified atom stereocenters. The van der Waals surface area contributed by atoms with E-state index in [1.54, 1.807) is 0 Å². The van der Waals surface area contributed by atoms with Crippen LogP contribution >= 0.6 is 15.9 Å². The van der Waals surface area contributed by atoms with Gasteiger partial charge in [0.05, 0.1) is 0 Å². The number of nitrogens with zero attached hydrogens (tertiary/aromatic N) is 2. The van der Waals surface area contributed by atoms with Crippen LogP contribution in [0.3, 0.4) is 0 Å². The van der Waals surface area contributed by atoms with Gasteiger partial charge in [-0.3, -0.25) is 0 Å². The summed E-state index contributed by atoms with van der Waals surface area (Å²) in [5, 5.41) is 15.8. The van der Waals surface area contributed by atoms with Crippen LogP contribution in [0.15, 0.2) is 28.9 Å². The van der Waals surface area contributed by atoms with E-state index in [9.17, 15) is 5.21 Å². The van der Waals surface area contributed by atoms with E-state index in [0.29, 0.717) is 4.85 Å². The third kappa shape index (κ3) is 1.49. The van der Waals surface area contributed by atoms with Gasteiger partial charge in [-0.2, -0.15) is 0 Å². The zero-order valence-electron chi connectivity index (χ0n) is 6.99. The van der Waals surface area contributed by atoms with E-state index >= 15 is 0 Å². The summed E-state index contributed by atoms with van der Waals surface area (Å²) >= 11 is 3.37. The van der Waals surface area contributed by atoms with Crippen molar-refractivity contribution in [3.8, 4) is 0 Å². The van der Waals surface area contributed by atoms with E-state index in [-0.39, 0.29) is 0 Å². The van der Waals surface area contributed by atoms with Gasteiger partial charge in [-0.05, 0) is 25.1 Å². The summed E-state index contributed by atoms with van der Waals surface area (Å²) in [5.74, 6) is 0. The number of hydrogen-bond donors (Lipinski definition) is 0. The first kappa shape index (κ1) is 8.44. The Hall–Kier alpha value is -1.16. The quantitative estimate of drug-likeness (QED) is 0.520. The highest BCUT2D eigenvalue weighted by Crippen LogP contribution is 2.19. The minimum Gasteiger partial charge on any atom is -0.594 e. The third-order valence-corrected chi connectivity index (χ3v) is 2.39. The molecule has 0 amide bonds. The fourth-order valence-electron chi connectivity index (χ4n) is 1.28. The molecule has 1 aromatic carbocycles. The smallest absolute Gasteiger partial charge is 0.213 e. The van der Waals surface area contributed by atoms with Gasteiger partial charge < -0.3 is 5.21 Å². The van der Waals surface area contributed by atoms with Crippen LogP contribution in [-0.4, -0.2) is 5.10 Å². The molecular formula is C9H7BrN2O. The van der Waals surface area contributed by atoms with Gasteiger partial charge in [0.1, 0.15) is 5.52 Å². The van der Waals surface area contributed by atoms with Crippen molar-refractivity contribution in [2.45, 2.75) is 6.92 Å². The third-order valence-electron chi connectivity index (χ3n) is 1.89. The molecule has 0 bridgehead atoms. The van der Waals surface area contributed by atoms with Crippen molar-refractivity contribution in [3.05, 3.63) is 39.6 Å². The average Bonchev–Trinajstić information content (AvgIpc) is 2.06. The van der Waals surface area contributed by atoms with Crippen LogP contribution in [-0.2, 0) is 0 Å². The number of aromatic nitrogens is 2. The van der Waals surface area contributed by atoms with Crippen LogP contribution < -0.4 is 4.85 Å². The summed E-state index contributed by atoms with van der Waals surface area (Å²) in [5.41, 5.74) is 1.65. The SMILES string of the molecule is Cc1c[n+]([O-])nc2ccc(Br)cc12. The molecule has 66 valence electrons. The van der Waals surface area contributed by atoms with Gasteiger partial charge in [0, 0.05) is 20.5 Å². The first-order chi connectivity index (χ1) is 6.16. The van der Waals surface area contributed by atoms with Gasteiger partial charge in [-0.1, -0.05) is 20.8 Å². The molecule has 0 spiro atoms. The zero-order valence-corrected chi connectivity index (χ0v) is 8.58. The molecule has 0 saturated carbocycles. The summed E-state index contributed by atoms with van der Waals surface area (Å²) in [4.78, 5) is 0.589. The lowest BCUT2D eigenvalue weighted by Crippen LogP contribution is -2.30. The molecule has 0 radical (unpaired) electrons. The van der Waals surface area contributed by atoms with Crippen LogP contribution in [0.25, 0.3) is 10.9 Å². The summed E-state index contributed by atoms with van der Waals surface area (Å²) in [6.45, 7) is 1.89. The van der Waals surface area contributed by atoms with E-state index in [2.05, 4.69) is 21.0 Å². The second-order valence-corrected chi connectivity index (χ2v) is 3.79. The monoisotopic (exact) mass is 238 g/mol. The highest BCUT2D eigenvalue weighted by molar-refractivity contribution is 9.10. The topological polar surface area (TPSA) is 39.8 Å². The Morgan fingerprint density at radius 1 is 1.46 bits per heavy atom. The van der Waals surface area contributed by atoms with Crippen LogP contribution in [0.5, 0.6) is 0 Å². The summed E-state index contributed by atoms with van der Waals surface area (Å²) in [6.07, 6.45) is 1.47. The molecular weight excluding hydrogens is 232 g/mol. The standard InChI is InChI=1S/C9H7BrN2O/c1-6-5-12(13)11-9-3-2-7(10)4-8(6)9/h2-5H,1H3. The van der Waals surface area contributed by atoms with Gasteiger partial charge in [0.2, 0.25) is 6.20 Å². The van der Waals surface area contributed by atoms with E-state index < -0.39 is 0 Å². The Kier molecular flexibility index (Phi) is 1.92. The van der Waals surface area contributed by atoms with E-state index in [4.69, 9.17) is 0 Å². The zero-order chi connectivity index (χ0) is 9.42. The van der Waals surface area contributed by atoms with Crippen LogP contribution in [0.2, 0.25) is 0 Å². The highest BCUT2D eigenvalue weighted by Gasteiger charge is 2.04. The van der Waals surface area contributed by atoms with Crippen LogP contribution in [0.1, 0.15) is 5.56 Å². The first-order valence-corrected chi connectivity index (χ1v) is 4.62. The van der Waals surface area contributed by atoms with E-state index in [1.165, 1.54) is 6.20 Å². The maximum Gasteiger partial charge on any atom is 0.213 e. The molecule has 4 heteroatoms. The van der Waals surface area contributed by atoms with Gasteiger partial charge in [-0.15, -0.1) is 0 Å². The number of benzene rings is 1. The lowest BCUT2D eigenvalue weighted by atomic mass is 10.1. The van der Waals surface area contributed by atoms with Crippen molar-refractivity contribution in [2.24, 2.45) is 0 Å². The number of rotatable bonds is 0. The fraction of sp³-hybridized carbons (Fsp3) is 0.111. The predicted molar refractivity (Wildman–Crippen MR) is 53.1 cm³/mol. The molecule has 13 heavy (non-hydrogen) atoms. The molecule has 1 aromatic heterocycles. The lowest BCUT2D eigenvalue weighted by molar-refractivity contribution is -0.666. The number of hydrogen-bond acceptors (Lipinski definition) is 2. The Labute approximate surface area is 83.7 Å². The normalized spacial score (nSPS) is 10.6. The Morgan fingerprint density at radius 3 is 3.00 bits per heavy atom. The number of halogens is 1. The van der Waals surface area contributed by atoms with Gasteiger partial charge in [-0.25, -0.2) is 0 Å². The molecule has 1 heterocycles. The van der Waals surface area contributed by atoms with Crippen molar-refractivity contribution in [1.82, 2.24) is 5.10 Å². The van der Waals surface area contributed by atoms with Crippen molar-refractivity contribution in [2.75, 3.05) is 0 Å². The fourth-order valence-corrected chi connectivity index (χ4v) is 1.64. The van der Waals surface area contributed by atoms with Gasteiger partial charge in [0.15, 0.2) is 0 Å². The maximum atomic E-state index is 11.0. The summed E-state index contributed by atoms with van der Waals surface area (Å²) < 4.78 is 0.994. The van der Waals surface area contributed by atoms with Crippen molar-refractivity contribution in [3.63, 3.8) is 0 Å². The highest BCUT2D eigenvalue weighted by atomic mass is 79.9. The molecule has 2 rings (SSSR count). The minimum atomic E-state index is 0.589. The van der Waals surface area contributed by atoms with Crippen molar-refractivity contribution < 1.29 is 4.85 Å². The molecule has 0 saturated heterocycles.